The Morgan fingerprint density at radius 1 is 1.09 bits per heavy atom. The fourth-order valence-corrected chi connectivity index (χ4v) is 4.34. The van der Waals surface area contributed by atoms with Gasteiger partial charge in [0.05, 0.1) is 19.6 Å². The van der Waals surface area contributed by atoms with E-state index >= 15 is 0 Å². The lowest BCUT2D eigenvalue weighted by molar-refractivity contribution is -0.131. The Bertz CT molecular complexity index is 1060. The number of benzene rings is 2. The number of carbonyl (C=O) groups is 2. The van der Waals surface area contributed by atoms with E-state index in [1.54, 1.807) is 11.6 Å². The molecule has 1 aliphatic carbocycles. The molecule has 2 aromatic carbocycles. The molecule has 0 spiro atoms. The zero-order valence-electron chi connectivity index (χ0n) is 19.3. The van der Waals surface area contributed by atoms with E-state index < -0.39 is 5.91 Å². The lowest BCUT2D eigenvalue weighted by atomic mass is 10.0. The summed E-state index contributed by atoms with van der Waals surface area (Å²) in [4.78, 5) is 28.9. The summed E-state index contributed by atoms with van der Waals surface area (Å²) in [5.41, 5.74) is 7.02. The van der Waals surface area contributed by atoms with Gasteiger partial charge in [-0.2, -0.15) is 0 Å². The summed E-state index contributed by atoms with van der Waals surface area (Å²) in [7, 11) is 0. The molecule has 4 rings (SSSR count). The summed E-state index contributed by atoms with van der Waals surface area (Å²) in [6.45, 7) is 5.26. The molecule has 0 saturated carbocycles. The summed E-state index contributed by atoms with van der Waals surface area (Å²) >= 11 is 0. The number of morpholine rings is 1. The first-order valence-electron chi connectivity index (χ1n) is 11.7. The quantitative estimate of drug-likeness (QED) is 0.341. The van der Waals surface area contributed by atoms with Crippen molar-refractivity contribution in [2.75, 3.05) is 39.4 Å². The molecule has 0 radical (unpaired) electrons. The van der Waals surface area contributed by atoms with Crippen LogP contribution in [0.4, 0.5) is 0 Å². The molecule has 2 N–H and O–H groups in total. The van der Waals surface area contributed by atoms with Crippen LogP contribution in [0.3, 0.4) is 0 Å². The summed E-state index contributed by atoms with van der Waals surface area (Å²) in [6, 6.07) is 16.0. The number of hydrogen-bond donors (Lipinski definition) is 2. The second-order valence-corrected chi connectivity index (χ2v) is 8.59. The fraction of sp³-hybridized carbons (Fsp3) is 0.333. The number of carbonyl (C=O) groups excluding carboxylic acids is 2. The third kappa shape index (κ3) is 6.41. The summed E-state index contributed by atoms with van der Waals surface area (Å²) in [5.74, 6) is -0.452. The predicted molar refractivity (Wildman–Crippen MR) is 131 cm³/mol. The van der Waals surface area contributed by atoms with Crippen molar-refractivity contribution in [3.63, 3.8) is 0 Å². The number of hydrogen-bond acceptors (Lipinski definition) is 5. The molecule has 2 aliphatic rings. The average molecular weight is 462 g/mol. The SMILES string of the molecule is O=C(/C=C/c1ccc(CN(CCN2CCOCC2)C(=O)CC2=CCc3ccccc32)cc1)NO. The van der Waals surface area contributed by atoms with Gasteiger partial charge in [0.15, 0.2) is 0 Å². The van der Waals surface area contributed by atoms with Crippen LogP contribution in [-0.2, 0) is 27.3 Å². The van der Waals surface area contributed by atoms with Gasteiger partial charge in [-0.15, -0.1) is 0 Å². The summed E-state index contributed by atoms with van der Waals surface area (Å²) in [5, 5.41) is 8.61. The number of rotatable bonds is 9. The summed E-state index contributed by atoms with van der Waals surface area (Å²) < 4.78 is 5.45. The van der Waals surface area contributed by atoms with Crippen LogP contribution in [0.5, 0.6) is 0 Å². The molecule has 178 valence electrons. The molecule has 7 nitrogen and oxygen atoms in total. The Kier molecular flexibility index (Phi) is 8.25. The van der Waals surface area contributed by atoms with E-state index in [9.17, 15) is 9.59 Å². The zero-order valence-corrected chi connectivity index (χ0v) is 19.3. The molecule has 2 aromatic rings. The molecule has 1 fully saturated rings. The highest BCUT2D eigenvalue weighted by Gasteiger charge is 2.21. The Morgan fingerprint density at radius 2 is 1.85 bits per heavy atom. The Hall–Kier alpha value is -3.26. The van der Waals surface area contributed by atoms with E-state index in [-0.39, 0.29) is 5.91 Å². The van der Waals surface area contributed by atoms with Gasteiger partial charge in [0.25, 0.3) is 5.91 Å². The van der Waals surface area contributed by atoms with E-state index in [0.717, 1.165) is 56.0 Å². The first-order chi connectivity index (χ1) is 16.6. The molecule has 1 heterocycles. The van der Waals surface area contributed by atoms with Crippen LogP contribution in [0, 0.1) is 0 Å². The van der Waals surface area contributed by atoms with E-state index in [1.807, 2.05) is 41.3 Å². The van der Waals surface area contributed by atoms with E-state index in [4.69, 9.17) is 9.94 Å². The van der Waals surface area contributed by atoms with E-state index in [1.165, 1.54) is 17.2 Å². The molecule has 0 unspecified atom stereocenters. The van der Waals surface area contributed by atoms with Gasteiger partial charge < -0.3 is 9.64 Å². The zero-order chi connectivity index (χ0) is 23.8. The van der Waals surface area contributed by atoms with Crippen molar-refractivity contribution in [1.29, 1.82) is 0 Å². The van der Waals surface area contributed by atoms with Crippen molar-refractivity contribution in [3.05, 3.63) is 82.9 Å². The van der Waals surface area contributed by atoms with Crippen LogP contribution in [0.2, 0.25) is 0 Å². The maximum Gasteiger partial charge on any atom is 0.267 e. The number of allylic oxidation sites excluding steroid dienone is 1. The molecule has 1 aliphatic heterocycles. The van der Waals surface area contributed by atoms with Gasteiger partial charge in [-0.1, -0.05) is 54.6 Å². The Morgan fingerprint density at radius 3 is 2.62 bits per heavy atom. The van der Waals surface area contributed by atoms with Crippen LogP contribution in [0.1, 0.15) is 28.7 Å². The first kappa shape index (κ1) is 23.9. The van der Waals surface area contributed by atoms with Gasteiger partial charge in [0.2, 0.25) is 5.91 Å². The van der Waals surface area contributed by atoms with Crippen LogP contribution in [0.25, 0.3) is 11.6 Å². The van der Waals surface area contributed by atoms with Crippen molar-refractivity contribution in [3.8, 4) is 0 Å². The van der Waals surface area contributed by atoms with E-state index in [2.05, 4.69) is 23.1 Å². The minimum Gasteiger partial charge on any atom is -0.379 e. The monoisotopic (exact) mass is 461 g/mol. The molecule has 0 atom stereocenters. The van der Waals surface area contributed by atoms with Gasteiger partial charge in [-0.25, -0.2) is 5.48 Å². The minimum atomic E-state index is -0.577. The molecule has 1 saturated heterocycles. The van der Waals surface area contributed by atoms with Crippen molar-refractivity contribution in [2.24, 2.45) is 0 Å². The Labute approximate surface area is 200 Å². The van der Waals surface area contributed by atoms with Crippen LogP contribution < -0.4 is 5.48 Å². The van der Waals surface area contributed by atoms with Crippen LogP contribution in [-0.4, -0.2) is 66.2 Å². The topological polar surface area (TPSA) is 82.1 Å². The largest absolute Gasteiger partial charge is 0.379 e. The number of ether oxygens (including phenoxy) is 1. The van der Waals surface area contributed by atoms with E-state index in [0.29, 0.717) is 19.5 Å². The summed E-state index contributed by atoms with van der Waals surface area (Å²) in [6.07, 6.45) is 6.35. The molecule has 0 bridgehead atoms. The second-order valence-electron chi connectivity index (χ2n) is 8.59. The normalized spacial score (nSPS) is 15.7. The highest BCUT2D eigenvalue weighted by molar-refractivity contribution is 5.91. The molecule has 34 heavy (non-hydrogen) atoms. The third-order valence-electron chi connectivity index (χ3n) is 6.31. The van der Waals surface area contributed by atoms with Gasteiger partial charge in [0, 0.05) is 38.8 Å². The number of fused-ring (bicyclic) bond motifs is 1. The first-order valence-corrected chi connectivity index (χ1v) is 11.7. The van der Waals surface area contributed by atoms with Crippen LogP contribution >= 0.6 is 0 Å². The Balaban J connectivity index is 1.43. The van der Waals surface area contributed by atoms with Gasteiger partial charge in [-0.05, 0) is 40.3 Å². The molecular weight excluding hydrogens is 430 g/mol. The minimum absolute atomic E-state index is 0.125. The smallest absolute Gasteiger partial charge is 0.267 e. The van der Waals surface area contributed by atoms with Crippen molar-refractivity contribution in [2.45, 2.75) is 19.4 Å². The highest BCUT2D eigenvalue weighted by Crippen LogP contribution is 2.30. The maximum absolute atomic E-state index is 13.4. The maximum atomic E-state index is 13.4. The number of nitrogens with zero attached hydrogens (tertiary/aromatic N) is 2. The van der Waals surface area contributed by atoms with Crippen molar-refractivity contribution < 1.29 is 19.5 Å². The second kappa shape index (κ2) is 11.7. The third-order valence-corrected chi connectivity index (χ3v) is 6.31. The molecule has 7 heteroatoms. The molecule has 2 amide bonds. The lowest BCUT2D eigenvalue weighted by Gasteiger charge is -2.30. The number of hydroxylamine groups is 1. The van der Waals surface area contributed by atoms with Gasteiger partial charge in [0.1, 0.15) is 0 Å². The average Bonchev–Trinajstić information content (AvgIpc) is 3.29. The fourth-order valence-electron chi connectivity index (χ4n) is 4.34. The van der Waals surface area contributed by atoms with Crippen molar-refractivity contribution >= 4 is 23.5 Å². The number of amides is 2. The molecule has 0 aromatic heterocycles. The van der Waals surface area contributed by atoms with Crippen molar-refractivity contribution in [1.82, 2.24) is 15.3 Å². The molecular formula is C27H31N3O4. The predicted octanol–water partition coefficient (Wildman–Crippen LogP) is 2.90. The number of nitrogens with one attached hydrogen (secondary N) is 1. The van der Waals surface area contributed by atoms with Crippen LogP contribution in [0.15, 0.2) is 60.7 Å². The lowest BCUT2D eigenvalue weighted by Crippen LogP contribution is -2.42. The highest BCUT2D eigenvalue weighted by atomic mass is 16.5. The van der Waals surface area contributed by atoms with Gasteiger partial charge in [-0.3, -0.25) is 19.7 Å². The van der Waals surface area contributed by atoms with Gasteiger partial charge >= 0.3 is 0 Å². The standard InChI is InChI=1S/C27H31N3O4/c31-26(28-33)12-9-21-5-7-22(8-6-21)20-30(14-13-29-15-17-34-18-16-29)27(32)19-24-11-10-23-3-1-2-4-25(23)24/h1-9,11-12,33H,10,13-20H2,(H,28,31)/b12-9+.